The molecular formula is C13H18N2O3. The van der Waals surface area contributed by atoms with Crippen LogP contribution < -0.4 is 20.1 Å². The van der Waals surface area contributed by atoms with E-state index < -0.39 is 0 Å². The molecule has 5 nitrogen and oxygen atoms in total. The molecule has 1 amide bonds. The van der Waals surface area contributed by atoms with E-state index in [1.54, 1.807) is 14.2 Å². The van der Waals surface area contributed by atoms with E-state index >= 15 is 0 Å². The molecule has 1 fully saturated rings. The minimum atomic E-state index is -0.170. The number of carbonyl (C=O) groups excluding carboxylic acids is 1. The summed E-state index contributed by atoms with van der Waals surface area (Å²) in [5.41, 5.74) is 1.04. The molecule has 0 spiro atoms. The van der Waals surface area contributed by atoms with Gasteiger partial charge in [-0.2, -0.15) is 0 Å². The Balaban J connectivity index is 2.11. The number of hydrogen-bond acceptors (Lipinski definition) is 4. The number of rotatable bonds is 4. The zero-order valence-corrected chi connectivity index (χ0v) is 10.7. The molecule has 1 aliphatic rings. The van der Waals surface area contributed by atoms with Crippen molar-refractivity contribution in [1.82, 2.24) is 10.6 Å². The van der Waals surface area contributed by atoms with Gasteiger partial charge in [0.2, 0.25) is 5.91 Å². The van der Waals surface area contributed by atoms with Gasteiger partial charge in [-0.1, -0.05) is 6.07 Å². The molecular weight excluding hydrogens is 232 g/mol. The summed E-state index contributed by atoms with van der Waals surface area (Å²) < 4.78 is 10.4. The van der Waals surface area contributed by atoms with Gasteiger partial charge >= 0.3 is 0 Å². The van der Waals surface area contributed by atoms with Crippen molar-refractivity contribution < 1.29 is 14.3 Å². The zero-order chi connectivity index (χ0) is 13.0. The Hall–Kier alpha value is -1.75. The molecule has 1 aromatic carbocycles. The molecule has 0 unspecified atom stereocenters. The summed E-state index contributed by atoms with van der Waals surface area (Å²) in [6.45, 7) is 1.50. The van der Waals surface area contributed by atoms with Gasteiger partial charge in [-0.3, -0.25) is 4.79 Å². The van der Waals surface area contributed by atoms with E-state index in [0.717, 1.165) is 12.1 Å². The minimum Gasteiger partial charge on any atom is -0.493 e. The summed E-state index contributed by atoms with van der Waals surface area (Å²) in [6.07, 6.45) is 0.645. The first-order valence-electron chi connectivity index (χ1n) is 5.96. The maximum atomic E-state index is 11.6. The summed E-state index contributed by atoms with van der Waals surface area (Å²) >= 11 is 0. The van der Waals surface area contributed by atoms with Crippen molar-refractivity contribution in [2.24, 2.45) is 0 Å². The smallest absolute Gasteiger partial charge is 0.237 e. The lowest BCUT2D eigenvalue weighted by molar-refractivity contribution is -0.124. The first-order valence-corrected chi connectivity index (χ1v) is 5.96. The van der Waals surface area contributed by atoms with Crippen molar-refractivity contribution in [1.29, 1.82) is 0 Å². The Kier molecular flexibility index (Phi) is 4.04. The average molecular weight is 250 g/mol. The molecule has 0 radical (unpaired) electrons. The lowest BCUT2D eigenvalue weighted by Crippen LogP contribution is -2.53. The summed E-state index contributed by atoms with van der Waals surface area (Å²) in [5.74, 6) is 1.43. The van der Waals surface area contributed by atoms with Gasteiger partial charge in [0.15, 0.2) is 11.5 Å². The van der Waals surface area contributed by atoms with E-state index in [4.69, 9.17) is 9.47 Å². The molecule has 1 heterocycles. The molecule has 1 aliphatic heterocycles. The maximum Gasteiger partial charge on any atom is 0.237 e. The van der Waals surface area contributed by atoms with Crippen LogP contribution in [0.1, 0.15) is 5.56 Å². The Morgan fingerprint density at radius 3 is 2.67 bits per heavy atom. The normalized spacial score (nSPS) is 19.2. The number of amides is 1. The summed E-state index contributed by atoms with van der Waals surface area (Å²) in [6, 6.07) is 5.54. The second kappa shape index (κ2) is 5.73. The molecule has 2 rings (SSSR count). The van der Waals surface area contributed by atoms with E-state index in [1.807, 2.05) is 18.2 Å². The van der Waals surface area contributed by atoms with Crippen molar-refractivity contribution >= 4 is 5.91 Å². The highest BCUT2D eigenvalue weighted by atomic mass is 16.5. The fourth-order valence-corrected chi connectivity index (χ4v) is 2.06. The molecule has 0 bridgehead atoms. The molecule has 1 atom stereocenters. The average Bonchev–Trinajstić information content (AvgIpc) is 2.41. The zero-order valence-electron chi connectivity index (χ0n) is 10.7. The molecule has 2 N–H and O–H groups in total. The number of carbonyl (C=O) groups is 1. The number of methoxy groups -OCH3 is 2. The Morgan fingerprint density at radius 1 is 1.22 bits per heavy atom. The third kappa shape index (κ3) is 2.73. The Bertz CT molecular complexity index is 434. The van der Waals surface area contributed by atoms with Crippen LogP contribution in [0.15, 0.2) is 18.2 Å². The van der Waals surface area contributed by atoms with Crippen LogP contribution in [-0.2, 0) is 11.2 Å². The van der Waals surface area contributed by atoms with E-state index in [2.05, 4.69) is 10.6 Å². The van der Waals surface area contributed by atoms with Gasteiger partial charge in [-0.25, -0.2) is 0 Å². The molecule has 0 saturated carbocycles. The largest absolute Gasteiger partial charge is 0.493 e. The van der Waals surface area contributed by atoms with Crippen LogP contribution in [0.5, 0.6) is 11.5 Å². The van der Waals surface area contributed by atoms with Gasteiger partial charge < -0.3 is 20.1 Å². The maximum absolute atomic E-state index is 11.6. The van der Waals surface area contributed by atoms with Crippen LogP contribution in [0, 0.1) is 0 Å². The SMILES string of the molecule is COc1ccc(C[C@@H]2NCCNC2=O)cc1OC. The van der Waals surface area contributed by atoms with Crippen molar-refractivity contribution in [3.63, 3.8) is 0 Å². The van der Waals surface area contributed by atoms with Gasteiger partial charge in [-0.15, -0.1) is 0 Å². The van der Waals surface area contributed by atoms with E-state index in [-0.39, 0.29) is 11.9 Å². The number of nitrogens with one attached hydrogen (secondary N) is 2. The molecule has 1 aromatic rings. The molecule has 18 heavy (non-hydrogen) atoms. The van der Waals surface area contributed by atoms with E-state index in [0.29, 0.717) is 24.5 Å². The van der Waals surface area contributed by atoms with Crippen molar-refractivity contribution in [3.05, 3.63) is 23.8 Å². The number of hydrogen-bond donors (Lipinski definition) is 2. The van der Waals surface area contributed by atoms with Crippen molar-refractivity contribution in [2.45, 2.75) is 12.5 Å². The second-order valence-corrected chi connectivity index (χ2v) is 4.19. The predicted octanol–water partition coefficient (Wildman–Crippen LogP) is 0.334. The highest BCUT2D eigenvalue weighted by Gasteiger charge is 2.21. The summed E-state index contributed by atoms with van der Waals surface area (Å²) in [5, 5.41) is 6.05. The highest BCUT2D eigenvalue weighted by Crippen LogP contribution is 2.28. The quantitative estimate of drug-likeness (QED) is 0.808. The third-order valence-corrected chi connectivity index (χ3v) is 3.02. The predicted molar refractivity (Wildman–Crippen MR) is 68.1 cm³/mol. The molecule has 0 aromatic heterocycles. The minimum absolute atomic E-state index is 0.0519. The lowest BCUT2D eigenvalue weighted by Gasteiger charge is -2.23. The molecule has 98 valence electrons. The monoisotopic (exact) mass is 250 g/mol. The van der Waals surface area contributed by atoms with E-state index in [1.165, 1.54) is 0 Å². The van der Waals surface area contributed by atoms with Crippen LogP contribution >= 0.6 is 0 Å². The molecule has 1 saturated heterocycles. The van der Waals surface area contributed by atoms with Gasteiger partial charge in [0.1, 0.15) is 0 Å². The fourth-order valence-electron chi connectivity index (χ4n) is 2.06. The van der Waals surface area contributed by atoms with E-state index in [9.17, 15) is 4.79 Å². The topological polar surface area (TPSA) is 59.6 Å². The Morgan fingerprint density at radius 2 is 2.00 bits per heavy atom. The number of piperazine rings is 1. The number of ether oxygens (including phenoxy) is 2. The van der Waals surface area contributed by atoms with Crippen molar-refractivity contribution in [3.8, 4) is 11.5 Å². The highest BCUT2D eigenvalue weighted by molar-refractivity contribution is 5.82. The van der Waals surface area contributed by atoms with Crippen molar-refractivity contribution in [2.75, 3.05) is 27.3 Å². The molecule has 5 heteroatoms. The summed E-state index contributed by atoms with van der Waals surface area (Å²) in [4.78, 5) is 11.6. The van der Waals surface area contributed by atoms with Crippen LogP contribution in [0.2, 0.25) is 0 Å². The molecule has 0 aliphatic carbocycles. The fraction of sp³-hybridized carbons (Fsp3) is 0.462. The third-order valence-electron chi connectivity index (χ3n) is 3.02. The van der Waals surface area contributed by atoms with Gasteiger partial charge in [0, 0.05) is 13.1 Å². The number of benzene rings is 1. The van der Waals surface area contributed by atoms with Gasteiger partial charge in [-0.05, 0) is 24.1 Å². The van der Waals surface area contributed by atoms with Crippen LogP contribution in [0.3, 0.4) is 0 Å². The van der Waals surface area contributed by atoms with Gasteiger partial charge in [0.05, 0.1) is 20.3 Å². The lowest BCUT2D eigenvalue weighted by atomic mass is 10.0. The van der Waals surface area contributed by atoms with Gasteiger partial charge in [0.25, 0.3) is 0 Å². The van der Waals surface area contributed by atoms with Crippen LogP contribution in [0.25, 0.3) is 0 Å². The standard InChI is InChI=1S/C13H18N2O3/c1-17-11-4-3-9(8-12(11)18-2)7-10-13(16)15-6-5-14-10/h3-4,8,10,14H,5-7H2,1-2H3,(H,15,16)/t10-/m0/s1. The Labute approximate surface area is 106 Å². The summed E-state index contributed by atoms with van der Waals surface area (Å²) in [7, 11) is 3.21. The van der Waals surface area contributed by atoms with Crippen LogP contribution in [-0.4, -0.2) is 39.3 Å². The first kappa shape index (κ1) is 12.7. The second-order valence-electron chi connectivity index (χ2n) is 4.19. The van der Waals surface area contributed by atoms with Crippen LogP contribution in [0.4, 0.5) is 0 Å². The first-order chi connectivity index (χ1) is 8.74.